The van der Waals surface area contributed by atoms with Crippen LogP contribution >= 0.6 is 11.3 Å². The number of benzene rings is 1. The van der Waals surface area contributed by atoms with Crippen LogP contribution in [0.5, 0.6) is 5.75 Å². The normalized spacial score (nSPS) is 16.3. The molecule has 0 saturated heterocycles. The van der Waals surface area contributed by atoms with Crippen molar-refractivity contribution >= 4 is 28.5 Å². The first kappa shape index (κ1) is 16.3. The molecule has 3 rings (SSSR count). The molecule has 0 radical (unpaired) electrons. The summed E-state index contributed by atoms with van der Waals surface area (Å²) in [6, 6.07) is 8.01. The molecule has 0 spiro atoms. The van der Waals surface area contributed by atoms with E-state index in [1.54, 1.807) is 7.11 Å². The molecule has 1 unspecified atom stereocenters. The van der Waals surface area contributed by atoms with E-state index in [9.17, 15) is 9.90 Å². The van der Waals surface area contributed by atoms with E-state index in [1.807, 2.05) is 18.2 Å². The van der Waals surface area contributed by atoms with E-state index in [0.29, 0.717) is 10.8 Å². The number of anilines is 1. The first-order valence-corrected chi connectivity index (χ1v) is 8.31. The van der Waals surface area contributed by atoms with Crippen molar-refractivity contribution in [1.82, 2.24) is 4.98 Å². The zero-order chi connectivity index (χ0) is 17.3. The highest BCUT2D eigenvalue weighted by molar-refractivity contribution is 7.16. The number of fused-ring (bicyclic) bond motifs is 1. The molecule has 0 fully saturated rings. The number of nitrogens with two attached hydrogens (primary N) is 1. The fourth-order valence-corrected chi connectivity index (χ4v) is 4.12. The fourth-order valence-electron chi connectivity index (χ4n) is 2.92. The van der Waals surface area contributed by atoms with E-state index in [1.165, 1.54) is 16.9 Å². The lowest BCUT2D eigenvalue weighted by molar-refractivity contribution is 0.205. The predicted molar refractivity (Wildman–Crippen MR) is 92.3 cm³/mol. The molecule has 1 heterocycles. The third kappa shape index (κ3) is 3.05. The van der Waals surface area contributed by atoms with Crippen LogP contribution in [0.25, 0.3) is 0 Å². The summed E-state index contributed by atoms with van der Waals surface area (Å²) in [4.78, 5) is 17.4. The molecule has 4 N–H and O–H groups in total. The molecule has 1 aromatic carbocycles. The van der Waals surface area contributed by atoms with Gasteiger partial charge in [0.1, 0.15) is 5.75 Å². The van der Waals surface area contributed by atoms with Gasteiger partial charge in [-0.25, -0.2) is 9.78 Å². The zero-order valence-corrected chi connectivity index (χ0v) is 14.0. The molecule has 24 heavy (non-hydrogen) atoms. The number of carboxylic acid groups (broad SMARTS) is 1. The third-order valence-corrected chi connectivity index (χ3v) is 5.22. The molecule has 0 bridgehead atoms. The smallest absolute Gasteiger partial charge is 0.420 e. The lowest BCUT2D eigenvalue weighted by atomic mass is 9.85. The largest absolute Gasteiger partial charge is 0.497 e. The summed E-state index contributed by atoms with van der Waals surface area (Å²) in [5, 5.41) is 16.9. The van der Waals surface area contributed by atoms with Gasteiger partial charge in [0.2, 0.25) is 11.1 Å². The second kappa shape index (κ2) is 6.48. The number of hydrogen-bond acceptors (Lipinski definition) is 5. The molecule has 8 heteroatoms. The van der Waals surface area contributed by atoms with E-state index >= 15 is 0 Å². The van der Waals surface area contributed by atoms with Crippen molar-refractivity contribution in [3.63, 3.8) is 0 Å². The second-order valence-electron chi connectivity index (χ2n) is 5.59. The molecule has 1 atom stereocenters. The molecule has 2 aromatic rings. The van der Waals surface area contributed by atoms with Gasteiger partial charge >= 0.3 is 6.09 Å². The molecule has 0 aliphatic heterocycles. The monoisotopic (exact) mass is 346 g/mol. The van der Waals surface area contributed by atoms with Crippen molar-refractivity contribution in [2.75, 3.05) is 12.0 Å². The SMILES string of the molecule is COc1cccc(C2CCc3nc(N(C(=N)N)C(=O)O)sc3C2)c1. The van der Waals surface area contributed by atoms with Crippen LogP contribution in [-0.4, -0.2) is 29.3 Å². The summed E-state index contributed by atoms with van der Waals surface area (Å²) in [6.07, 6.45) is 1.22. The predicted octanol–water partition coefficient (Wildman–Crippen LogP) is 2.80. The highest BCUT2D eigenvalue weighted by Gasteiger charge is 2.28. The summed E-state index contributed by atoms with van der Waals surface area (Å²) in [5.74, 6) is 0.631. The minimum atomic E-state index is -1.29. The minimum Gasteiger partial charge on any atom is -0.497 e. The van der Waals surface area contributed by atoms with E-state index in [0.717, 1.165) is 35.6 Å². The minimum absolute atomic E-state index is 0.242. The summed E-state index contributed by atoms with van der Waals surface area (Å²) in [5.41, 5.74) is 7.47. The van der Waals surface area contributed by atoms with Gasteiger partial charge in [0.05, 0.1) is 12.8 Å². The number of hydrogen-bond donors (Lipinski definition) is 3. The summed E-state index contributed by atoms with van der Waals surface area (Å²) in [6.45, 7) is 0. The quantitative estimate of drug-likeness (QED) is 0.584. The van der Waals surface area contributed by atoms with Crippen molar-refractivity contribution in [3.8, 4) is 5.75 Å². The average Bonchev–Trinajstić information content (AvgIpc) is 2.96. The number of guanidine groups is 1. The molecule has 126 valence electrons. The zero-order valence-electron chi connectivity index (χ0n) is 13.2. The highest BCUT2D eigenvalue weighted by atomic mass is 32.1. The topological polar surface area (TPSA) is 113 Å². The van der Waals surface area contributed by atoms with Crippen molar-refractivity contribution < 1.29 is 14.6 Å². The molecule has 0 saturated carbocycles. The number of ether oxygens (including phenoxy) is 1. The Hall–Kier alpha value is -2.61. The first-order chi connectivity index (χ1) is 11.5. The summed E-state index contributed by atoms with van der Waals surface area (Å²) < 4.78 is 5.28. The van der Waals surface area contributed by atoms with Gasteiger partial charge in [-0.1, -0.05) is 12.1 Å². The van der Waals surface area contributed by atoms with E-state index in [-0.39, 0.29) is 5.13 Å². The Morgan fingerprint density at radius 2 is 2.33 bits per heavy atom. The van der Waals surface area contributed by atoms with Crippen LogP contribution in [0.2, 0.25) is 0 Å². The second-order valence-corrected chi connectivity index (χ2v) is 6.65. The van der Waals surface area contributed by atoms with Crippen molar-refractivity contribution in [1.29, 1.82) is 5.41 Å². The van der Waals surface area contributed by atoms with Crippen molar-refractivity contribution in [3.05, 3.63) is 40.4 Å². The van der Waals surface area contributed by atoms with Crippen molar-refractivity contribution in [2.45, 2.75) is 25.2 Å². The maximum Gasteiger partial charge on any atom is 0.420 e. The molecular weight excluding hydrogens is 328 g/mol. The van der Waals surface area contributed by atoms with Crippen molar-refractivity contribution in [2.24, 2.45) is 5.73 Å². The molecule has 1 aromatic heterocycles. The maximum absolute atomic E-state index is 11.3. The highest BCUT2D eigenvalue weighted by Crippen LogP contribution is 2.38. The molecule has 7 nitrogen and oxygen atoms in total. The number of aromatic nitrogens is 1. The molecule has 1 amide bonds. The standard InChI is InChI=1S/C16H18N4O3S/c1-23-11-4-2-3-9(7-11)10-5-6-12-13(8-10)24-15(19-12)20(14(17)18)16(21)22/h2-4,7,10H,5-6,8H2,1H3,(H3,17,18)(H,21,22). The summed E-state index contributed by atoms with van der Waals surface area (Å²) >= 11 is 1.29. The Labute approximate surface area is 143 Å². The van der Waals surface area contributed by atoms with Gasteiger partial charge < -0.3 is 15.6 Å². The third-order valence-electron chi connectivity index (χ3n) is 4.12. The van der Waals surface area contributed by atoms with Gasteiger partial charge in [-0.05, 0) is 42.9 Å². The lowest BCUT2D eigenvalue weighted by Crippen LogP contribution is -2.40. The first-order valence-electron chi connectivity index (χ1n) is 7.49. The van der Waals surface area contributed by atoms with E-state index < -0.39 is 12.1 Å². The van der Waals surface area contributed by atoms with Crippen LogP contribution in [0, 0.1) is 5.41 Å². The number of rotatable bonds is 3. The summed E-state index contributed by atoms with van der Waals surface area (Å²) in [7, 11) is 1.65. The van der Waals surface area contributed by atoms with Gasteiger partial charge in [-0.3, -0.25) is 5.41 Å². The Balaban J connectivity index is 1.86. The number of thiazole rings is 1. The van der Waals surface area contributed by atoms with Crippen LogP contribution < -0.4 is 15.4 Å². The Bertz CT molecular complexity index is 775. The Morgan fingerprint density at radius 3 is 3.00 bits per heavy atom. The average molecular weight is 346 g/mol. The number of amides is 1. The van der Waals surface area contributed by atoms with E-state index in [4.69, 9.17) is 15.9 Å². The van der Waals surface area contributed by atoms with Crippen LogP contribution in [0.1, 0.15) is 28.5 Å². The van der Waals surface area contributed by atoms with Crippen LogP contribution in [0.3, 0.4) is 0 Å². The number of aryl methyl sites for hydroxylation is 1. The number of nitrogens with zero attached hydrogens (tertiary/aromatic N) is 2. The van der Waals surface area contributed by atoms with Crippen LogP contribution in [-0.2, 0) is 12.8 Å². The molecule has 1 aliphatic carbocycles. The van der Waals surface area contributed by atoms with Gasteiger partial charge in [-0.2, -0.15) is 4.90 Å². The Kier molecular flexibility index (Phi) is 4.39. The molecular formula is C16H18N4O3S. The maximum atomic E-state index is 11.3. The number of nitrogens with one attached hydrogen (secondary N) is 1. The van der Waals surface area contributed by atoms with Crippen LogP contribution in [0.4, 0.5) is 9.93 Å². The Morgan fingerprint density at radius 1 is 1.54 bits per heavy atom. The van der Waals surface area contributed by atoms with E-state index in [2.05, 4.69) is 11.1 Å². The van der Waals surface area contributed by atoms with Gasteiger partial charge in [0.15, 0.2) is 0 Å². The number of methoxy groups -OCH3 is 1. The van der Waals surface area contributed by atoms with Gasteiger partial charge in [0.25, 0.3) is 0 Å². The van der Waals surface area contributed by atoms with Gasteiger partial charge in [0, 0.05) is 4.88 Å². The van der Waals surface area contributed by atoms with Crippen LogP contribution in [0.15, 0.2) is 24.3 Å². The molecule has 1 aliphatic rings. The van der Waals surface area contributed by atoms with Gasteiger partial charge in [-0.15, -0.1) is 11.3 Å². The number of carbonyl (C=O) groups is 1. The lowest BCUT2D eigenvalue weighted by Gasteiger charge is -2.21. The fraction of sp³-hybridized carbons (Fsp3) is 0.312.